The van der Waals surface area contributed by atoms with Crippen molar-refractivity contribution < 1.29 is 4.79 Å². The molecule has 2 N–H and O–H groups in total. The van der Waals surface area contributed by atoms with Crippen molar-refractivity contribution >= 4 is 40.1 Å². The molecule has 4 aromatic rings. The van der Waals surface area contributed by atoms with Crippen LogP contribution in [0.15, 0.2) is 60.8 Å². The standard InChI is InChI=1S/C24H23N7O/c1-16-14-22(31-12-4-5-13-31)30-24(26-16)28-18-10-8-17(9-11-18)27-23(32)21-15-25-19-6-2-3-7-20(19)29-21/h2-3,6-11,14-15H,4-5,12-13H2,1H3,(H,27,32)(H,26,28,30). The lowest BCUT2D eigenvalue weighted by Crippen LogP contribution is -2.19. The molecule has 3 heterocycles. The van der Waals surface area contributed by atoms with Gasteiger partial charge in [-0.3, -0.25) is 9.78 Å². The lowest BCUT2D eigenvalue weighted by Gasteiger charge is -2.17. The average molecular weight is 425 g/mol. The zero-order valence-corrected chi connectivity index (χ0v) is 17.7. The van der Waals surface area contributed by atoms with Crippen molar-refractivity contribution in [1.29, 1.82) is 0 Å². The molecule has 1 aliphatic heterocycles. The number of hydrogen-bond donors (Lipinski definition) is 2. The van der Waals surface area contributed by atoms with Crippen molar-refractivity contribution in [1.82, 2.24) is 19.9 Å². The van der Waals surface area contributed by atoms with E-state index in [1.54, 1.807) is 0 Å². The molecule has 32 heavy (non-hydrogen) atoms. The first-order valence-corrected chi connectivity index (χ1v) is 10.6. The van der Waals surface area contributed by atoms with Crippen LogP contribution in [-0.4, -0.2) is 38.9 Å². The normalized spacial score (nSPS) is 13.3. The van der Waals surface area contributed by atoms with E-state index >= 15 is 0 Å². The number of nitrogens with one attached hydrogen (secondary N) is 2. The Labute approximate surface area is 185 Å². The average Bonchev–Trinajstić information content (AvgIpc) is 3.35. The molecule has 0 atom stereocenters. The van der Waals surface area contributed by atoms with E-state index in [4.69, 9.17) is 0 Å². The monoisotopic (exact) mass is 425 g/mol. The molecular formula is C24H23N7O. The number of amides is 1. The number of aromatic nitrogens is 4. The van der Waals surface area contributed by atoms with Gasteiger partial charge in [0.15, 0.2) is 0 Å². The van der Waals surface area contributed by atoms with Gasteiger partial charge in [0, 0.05) is 36.2 Å². The van der Waals surface area contributed by atoms with Crippen LogP contribution in [0.3, 0.4) is 0 Å². The molecule has 0 bridgehead atoms. The first kappa shape index (κ1) is 19.9. The Morgan fingerprint density at radius 1 is 0.906 bits per heavy atom. The van der Waals surface area contributed by atoms with Crippen molar-refractivity contribution in [2.45, 2.75) is 19.8 Å². The van der Waals surface area contributed by atoms with Gasteiger partial charge in [-0.25, -0.2) is 9.97 Å². The minimum absolute atomic E-state index is 0.272. The van der Waals surface area contributed by atoms with Crippen molar-refractivity contribution in [3.63, 3.8) is 0 Å². The maximum Gasteiger partial charge on any atom is 0.275 e. The molecule has 1 fully saturated rings. The summed E-state index contributed by atoms with van der Waals surface area (Å²) in [6, 6.07) is 16.9. The summed E-state index contributed by atoms with van der Waals surface area (Å²) in [7, 11) is 0. The molecule has 1 aliphatic rings. The molecule has 1 saturated heterocycles. The van der Waals surface area contributed by atoms with E-state index in [0.29, 0.717) is 17.2 Å². The molecule has 160 valence electrons. The van der Waals surface area contributed by atoms with Crippen molar-refractivity contribution in [2.75, 3.05) is 28.6 Å². The molecule has 2 aromatic heterocycles. The topological polar surface area (TPSA) is 95.9 Å². The highest BCUT2D eigenvalue weighted by Gasteiger charge is 2.15. The van der Waals surface area contributed by atoms with E-state index in [-0.39, 0.29) is 11.6 Å². The minimum atomic E-state index is -0.304. The van der Waals surface area contributed by atoms with E-state index in [1.165, 1.54) is 19.0 Å². The smallest absolute Gasteiger partial charge is 0.275 e. The summed E-state index contributed by atoms with van der Waals surface area (Å²) < 4.78 is 0. The number of aryl methyl sites for hydroxylation is 1. The number of carbonyl (C=O) groups is 1. The molecule has 0 unspecified atom stereocenters. The highest BCUT2D eigenvalue weighted by atomic mass is 16.1. The molecule has 2 aromatic carbocycles. The molecule has 5 rings (SSSR count). The Morgan fingerprint density at radius 2 is 1.62 bits per heavy atom. The molecule has 0 aliphatic carbocycles. The minimum Gasteiger partial charge on any atom is -0.356 e. The van der Waals surface area contributed by atoms with Gasteiger partial charge in [-0.1, -0.05) is 12.1 Å². The van der Waals surface area contributed by atoms with E-state index in [9.17, 15) is 4.79 Å². The van der Waals surface area contributed by atoms with Gasteiger partial charge in [-0.2, -0.15) is 4.98 Å². The second-order valence-electron chi connectivity index (χ2n) is 7.79. The van der Waals surface area contributed by atoms with Crippen molar-refractivity contribution in [2.24, 2.45) is 0 Å². The van der Waals surface area contributed by atoms with Gasteiger partial charge < -0.3 is 15.5 Å². The van der Waals surface area contributed by atoms with Crippen LogP contribution in [0.1, 0.15) is 29.0 Å². The summed E-state index contributed by atoms with van der Waals surface area (Å²) in [5.41, 5.74) is 4.14. The van der Waals surface area contributed by atoms with Gasteiger partial charge >= 0.3 is 0 Å². The summed E-state index contributed by atoms with van der Waals surface area (Å²) in [6.07, 6.45) is 3.88. The second-order valence-corrected chi connectivity index (χ2v) is 7.79. The van der Waals surface area contributed by atoms with Crippen LogP contribution in [0.5, 0.6) is 0 Å². The number of benzene rings is 2. The molecule has 0 spiro atoms. The molecule has 1 amide bonds. The van der Waals surface area contributed by atoms with Gasteiger partial charge in [0.25, 0.3) is 5.91 Å². The number of anilines is 4. The third-order valence-corrected chi connectivity index (χ3v) is 5.35. The number of carbonyl (C=O) groups excluding carboxylic acids is 1. The lowest BCUT2D eigenvalue weighted by atomic mass is 10.2. The molecule has 0 radical (unpaired) electrons. The molecule has 8 heteroatoms. The Morgan fingerprint density at radius 3 is 2.41 bits per heavy atom. The summed E-state index contributed by atoms with van der Waals surface area (Å²) in [5, 5.41) is 6.12. The SMILES string of the molecule is Cc1cc(N2CCCC2)nc(Nc2ccc(NC(=O)c3cnc4ccccc4n3)cc2)n1. The summed E-state index contributed by atoms with van der Waals surface area (Å²) >= 11 is 0. The van der Waals surface area contributed by atoms with Gasteiger partial charge in [0.2, 0.25) is 5.95 Å². The third kappa shape index (κ3) is 4.34. The Bertz CT molecular complexity index is 1270. The zero-order chi connectivity index (χ0) is 21.9. The van der Waals surface area contributed by atoms with Crippen LogP contribution in [0, 0.1) is 6.92 Å². The predicted molar refractivity (Wildman–Crippen MR) is 125 cm³/mol. The van der Waals surface area contributed by atoms with Gasteiger partial charge in [0.05, 0.1) is 17.2 Å². The fourth-order valence-electron chi connectivity index (χ4n) is 3.74. The molecular weight excluding hydrogens is 402 g/mol. The third-order valence-electron chi connectivity index (χ3n) is 5.35. The maximum absolute atomic E-state index is 12.6. The molecule has 0 saturated carbocycles. The van der Waals surface area contributed by atoms with Crippen LogP contribution < -0.4 is 15.5 Å². The summed E-state index contributed by atoms with van der Waals surface area (Å²) in [4.78, 5) is 32.7. The van der Waals surface area contributed by atoms with Crippen LogP contribution in [0.4, 0.5) is 23.1 Å². The number of para-hydroxylation sites is 2. The fraction of sp³-hybridized carbons (Fsp3) is 0.208. The number of fused-ring (bicyclic) bond motifs is 1. The Hall–Kier alpha value is -4.07. The largest absolute Gasteiger partial charge is 0.356 e. The van der Waals surface area contributed by atoms with Crippen molar-refractivity contribution in [3.05, 3.63) is 72.2 Å². The highest BCUT2D eigenvalue weighted by Crippen LogP contribution is 2.22. The van der Waals surface area contributed by atoms with Gasteiger partial charge in [-0.15, -0.1) is 0 Å². The van der Waals surface area contributed by atoms with Crippen molar-refractivity contribution in [3.8, 4) is 0 Å². The quantitative estimate of drug-likeness (QED) is 0.491. The van der Waals surface area contributed by atoms with Crippen LogP contribution >= 0.6 is 0 Å². The molecule has 8 nitrogen and oxygen atoms in total. The van der Waals surface area contributed by atoms with E-state index < -0.39 is 0 Å². The van der Waals surface area contributed by atoms with E-state index in [2.05, 4.69) is 35.5 Å². The summed E-state index contributed by atoms with van der Waals surface area (Å²) in [6.45, 7) is 4.04. The Balaban J connectivity index is 1.27. The van der Waals surface area contributed by atoms with Gasteiger partial charge in [0.1, 0.15) is 11.5 Å². The number of hydrogen-bond acceptors (Lipinski definition) is 7. The van der Waals surface area contributed by atoms with E-state index in [1.807, 2.05) is 61.5 Å². The highest BCUT2D eigenvalue weighted by molar-refractivity contribution is 6.03. The lowest BCUT2D eigenvalue weighted by molar-refractivity contribution is 0.102. The summed E-state index contributed by atoms with van der Waals surface area (Å²) in [5.74, 6) is 1.22. The van der Waals surface area contributed by atoms with Crippen LogP contribution in [0.25, 0.3) is 11.0 Å². The fourth-order valence-corrected chi connectivity index (χ4v) is 3.74. The van der Waals surface area contributed by atoms with Crippen LogP contribution in [0.2, 0.25) is 0 Å². The maximum atomic E-state index is 12.6. The zero-order valence-electron chi connectivity index (χ0n) is 17.7. The van der Waals surface area contributed by atoms with E-state index in [0.717, 1.165) is 35.8 Å². The van der Waals surface area contributed by atoms with Crippen LogP contribution in [-0.2, 0) is 0 Å². The first-order valence-electron chi connectivity index (χ1n) is 10.6. The number of nitrogens with zero attached hydrogens (tertiary/aromatic N) is 5. The van der Waals surface area contributed by atoms with Gasteiger partial charge in [-0.05, 0) is 56.2 Å². The Kier molecular flexibility index (Phi) is 5.33. The predicted octanol–water partition coefficient (Wildman–Crippen LogP) is 4.32. The second kappa shape index (κ2) is 8.58. The number of rotatable bonds is 5. The first-order chi connectivity index (χ1) is 15.6.